The Balaban J connectivity index is 1.89. The Labute approximate surface area is 93.4 Å². The lowest BCUT2D eigenvalue weighted by molar-refractivity contribution is -0.137. The number of hydrogen-bond donors (Lipinski definition) is 2. The summed E-state index contributed by atoms with van der Waals surface area (Å²) in [5.74, 6) is -0.284. The summed E-state index contributed by atoms with van der Waals surface area (Å²) < 4.78 is 0. The van der Waals surface area contributed by atoms with Crippen LogP contribution in [-0.4, -0.2) is 48.3 Å². The van der Waals surface area contributed by atoms with E-state index in [1.54, 1.807) is 0 Å². The van der Waals surface area contributed by atoms with Crippen molar-refractivity contribution >= 4 is 17.7 Å². The van der Waals surface area contributed by atoms with Gasteiger partial charge in [0.05, 0.1) is 12.5 Å². The van der Waals surface area contributed by atoms with E-state index in [-0.39, 0.29) is 30.2 Å². The number of carbonyl (C=O) groups is 3. The number of carbonyl (C=O) groups excluding carboxylic acids is 3. The van der Waals surface area contributed by atoms with Crippen molar-refractivity contribution < 1.29 is 14.4 Å². The van der Waals surface area contributed by atoms with Crippen LogP contribution in [0.2, 0.25) is 0 Å². The zero-order valence-electron chi connectivity index (χ0n) is 9.16. The maximum atomic E-state index is 11.6. The first-order valence-corrected chi connectivity index (χ1v) is 5.41. The number of hydrogen-bond acceptors (Lipinski definition) is 4. The van der Waals surface area contributed by atoms with E-state index in [1.807, 2.05) is 0 Å². The number of nitrogens with one attached hydrogen (secondary N) is 2. The van der Waals surface area contributed by atoms with E-state index < -0.39 is 6.04 Å². The highest BCUT2D eigenvalue weighted by atomic mass is 16.2. The van der Waals surface area contributed by atoms with Crippen LogP contribution in [0, 0.1) is 0 Å². The molecule has 6 nitrogen and oxygen atoms in total. The molecule has 6 heteroatoms. The Morgan fingerprint density at radius 2 is 2.12 bits per heavy atom. The monoisotopic (exact) mass is 225 g/mol. The molecule has 0 bridgehead atoms. The Bertz CT molecular complexity index is 332. The summed E-state index contributed by atoms with van der Waals surface area (Å²) in [6, 6.07) is -0.330. The minimum absolute atomic E-state index is 0.0454. The third kappa shape index (κ3) is 2.06. The topological polar surface area (TPSA) is 78.5 Å². The molecule has 0 aromatic heterocycles. The first-order chi connectivity index (χ1) is 7.58. The van der Waals surface area contributed by atoms with Crippen LogP contribution in [-0.2, 0) is 14.4 Å². The SMILES string of the molecule is CN1C(=O)CC(NC2CCC(=O)NC2)C1=O. The van der Waals surface area contributed by atoms with Crippen LogP contribution in [0.4, 0.5) is 0 Å². The van der Waals surface area contributed by atoms with Crippen LogP contribution < -0.4 is 10.6 Å². The fourth-order valence-electron chi connectivity index (χ4n) is 2.05. The average molecular weight is 225 g/mol. The van der Waals surface area contributed by atoms with Crippen molar-refractivity contribution in [3.63, 3.8) is 0 Å². The van der Waals surface area contributed by atoms with Crippen molar-refractivity contribution in [2.75, 3.05) is 13.6 Å². The van der Waals surface area contributed by atoms with Gasteiger partial charge in [0.15, 0.2) is 0 Å². The summed E-state index contributed by atoms with van der Waals surface area (Å²) in [6.07, 6.45) is 1.41. The Kier molecular flexibility index (Phi) is 2.91. The van der Waals surface area contributed by atoms with Gasteiger partial charge in [-0.3, -0.25) is 19.3 Å². The molecule has 2 atom stereocenters. The van der Waals surface area contributed by atoms with Crippen molar-refractivity contribution in [2.24, 2.45) is 0 Å². The van der Waals surface area contributed by atoms with Crippen molar-refractivity contribution in [1.29, 1.82) is 0 Å². The molecule has 16 heavy (non-hydrogen) atoms. The third-order valence-corrected chi connectivity index (χ3v) is 3.08. The third-order valence-electron chi connectivity index (χ3n) is 3.08. The van der Waals surface area contributed by atoms with Gasteiger partial charge in [0.1, 0.15) is 0 Å². The van der Waals surface area contributed by atoms with E-state index in [4.69, 9.17) is 0 Å². The Morgan fingerprint density at radius 3 is 2.62 bits per heavy atom. The fraction of sp³-hybridized carbons (Fsp3) is 0.700. The van der Waals surface area contributed by atoms with Gasteiger partial charge < -0.3 is 10.6 Å². The zero-order chi connectivity index (χ0) is 11.7. The van der Waals surface area contributed by atoms with E-state index in [0.29, 0.717) is 19.4 Å². The van der Waals surface area contributed by atoms with Gasteiger partial charge in [-0.15, -0.1) is 0 Å². The van der Waals surface area contributed by atoms with E-state index in [1.165, 1.54) is 7.05 Å². The number of nitrogens with zero attached hydrogens (tertiary/aromatic N) is 1. The maximum absolute atomic E-state index is 11.6. The predicted molar refractivity (Wildman–Crippen MR) is 55.3 cm³/mol. The molecular formula is C10H15N3O3. The van der Waals surface area contributed by atoms with Gasteiger partial charge in [0, 0.05) is 26.1 Å². The van der Waals surface area contributed by atoms with Crippen molar-refractivity contribution in [3.05, 3.63) is 0 Å². The number of rotatable bonds is 2. The second kappa shape index (κ2) is 4.21. The second-order valence-electron chi connectivity index (χ2n) is 4.25. The van der Waals surface area contributed by atoms with Crippen molar-refractivity contribution in [1.82, 2.24) is 15.5 Å². The lowest BCUT2D eigenvalue weighted by Gasteiger charge is -2.25. The first kappa shape index (κ1) is 11.1. The van der Waals surface area contributed by atoms with Gasteiger partial charge in [-0.2, -0.15) is 0 Å². The molecule has 2 aliphatic heterocycles. The molecule has 0 aliphatic carbocycles. The van der Waals surface area contributed by atoms with Crippen LogP contribution in [0.5, 0.6) is 0 Å². The number of amides is 3. The summed E-state index contributed by atoms with van der Waals surface area (Å²) in [5, 5.41) is 5.85. The van der Waals surface area contributed by atoms with Crippen molar-refractivity contribution in [3.8, 4) is 0 Å². The van der Waals surface area contributed by atoms with Gasteiger partial charge in [-0.05, 0) is 6.42 Å². The molecule has 3 amide bonds. The van der Waals surface area contributed by atoms with E-state index in [9.17, 15) is 14.4 Å². The highest BCUT2D eigenvalue weighted by Crippen LogP contribution is 2.13. The van der Waals surface area contributed by atoms with Crippen LogP contribution in [0.3, 0.4) is 0 Å². The summed E-state index contributed by atoms with van der Waals surface area (Å²) in [5.41, 5.74) is 0. The second-order valence-corrected chi connectivity index (χ2v) is 4.25. The molecule has 88 valence electrons. The summed E-state index contributed by atoms with van der Waals surface area (Å²) in [4.78, 5) is 35.0. The first-order valence-electron chi connectivity index (χ1n) is 5.41. The maximum Gasteiger partial charge on any atom is 0.246 e. The smallest absolute Gasteiger partial charge is 0.246 e. The lowest BCUT2D eigenvalue weighted by atomic mass is 10.1. The molecule has 0 radical (unpaired) electrons. The van der Waals surface area contributed by atoms with Gasteiger partial charge in [-0.1, -0.05) is 0 Å². The molecule has 2 heterocycles. The molecule has 2 rings (SSSR count). The molecule has 2 N–H and O–H groups in total. The summed E-state index contributed by atoms with van der Waals surface area (Å²) in [7, 11) is 1.50. The highest BCUT2D eigenvalue weighted by molar-refractivity contribution is 6.05. The van der Waals surface area contributed by atoms with Crippen LogP contribution >= 0.6 is 0 Å². The summed E-state index contributed by atoms with van der Waals surface area (Å²) >= 11 is 0. The summed E-state index contributed by atoms with van der Waals surface area (Å²) in [6.45, 7) is 0.528. The molecule has 2 fully saturated rings. The number of likely N-dealkylation sites (tertiary alicyclic amines) is 1. The van der Waals surface area contributed by atoms with Crippen molar-refractivity contribution in [2.45, 2.75) is 31.3 Å². The minimum Gasteiger partial charge on any atom is -0.355 e. The molecule has 2 saturated heterocycles. The van der Waals surface area contributed by atoms with Crippen LogP contribution in [0.25, 0.3) is 0 Å². The number of likely N-dealkylation sites (N-methyl/N-ethyl adjacent to an activating group) is 1. The Morgan fingerprint density at radius 1 is 1.38 bits per heavy atom. The predicted octanol–water partition coefficient (Wildman–Crippen LogP) is -1.39. The average Bonchev–Trinajstić information content (AvgIpc) is 2.50. The number of imide groups is 1. The fourth-order valence-corrected chi connectivity index (χ4v) is 2.05. The quantitative estimate of drug-likeness (QED) is 0.567. The molecule has 0 spiro atoms. The lowest BCUT2D eigenvalue weighted by Crippen LogP contribution is -2.51. The van der Waals surface area contributed by atoms with E-state index in [0.717, 1.165) is 4.90 Å². The zero-order valence-corrected chi connectivity index (χ0v) is 9.16. The van der Waals surface area contributed by atoms with Gasteiger partial charge in [-0.25, -0.2) is 0 Å². The van der Waals surface area contributed by atoms with E-state index >= 15 is 0 Å². The molecule has 0 aromatic carbocycles. The van der Waals surface area contributed by atoms with Crippen LogP contribution in [0.15, 0.2) is 0 Å². The van der Waals surface area contributed by atoms with Gasteiger partial charge in [0.2, 0.25) is 17.7 Å². The van der Waals surface area contributed by atoms with Gasteiger partial charge >= 0.3 is 0 Å². The van der Waals surface area contributed by atoms with Gasteiger partial charge in [0.25, 0.3) is 0 Å². The molecule has 2 aliphatic rings. The molecular weight excluding hydrogens is 210 g/mol. The normalized spacial score (nSPS) is 30.8. The molecule has 2 unspecified atom stereocenters. The molecule has 0 aromatic rings. The highest BCUT2D eigenvalue weighted by Gasteiger charge is 2.37. The Hall–Kier alpha value is -1.43. The number of piperidine rings is 1. The van der Waals surface area contributed by atoms with E-state index in [2.05, 4.69) is 10.6 Å². The largest absolute Gasteiger partial charge is 0.355 e. The minimum atomic E-state index is -0.419. The standard InChI is InChI=1S/C10H15N3O3/c1-13-9(15)4-7(10(13)16)12-6-2-3-8(14)11-5-6/h6-7,12H,2-5H2,1H3,(H,11,14). The molecule has 0 saturated carbocycles. The van der Waals surface area contributed by atoms with Crippen LogP contribution in [0.1, 0.15) is 19.3 Å².